The highest BCUT2D eigenvalue weighted by Crippen LogP contribution is 2.25. The predicted molar refractivity (Wildman–Crippen MR) is 114 cm³/mol. The van der Waals surface area contributed by atoms with E-state index in [0.29, 0.717) is 42.2 Å². The van der Waals surface area contributed by atoms with Crippen LogP contribution in [0, 0.1) is 5.92 Å². The van der Waals surface area contributed by atoms with Crippen molar-refractivity contribution in [2.45, 2.75) is 51.0 Å². The normalized spacial score (nSPS) is 19.7. The lowest BCUT2D eigenvalue weighted by atomic mass is 9.95. The molecule has 0 spiro atoms. The molecule has 0 aromatic heterocycles. The first kappa shape index (κ1) is 22.1. The molecule has 0 radical (unpaired) electrons. The Kier molecular flexibility index (Phi) is 7.19. The van der Waals surface area contributed by atoms with E-state index in [2.05, 4.69) is 10.6 Å². The molecule has 1 saturated heterocycles. The summed E-state index contributed by atoms with van der Waals surface area (Å²) in [6, 6.07) is 5.05. The molecule has 0 bridgehead atoms. The van der Waals surface area contributed by atoms with E-state index in [0.717, 1.165) is 25.7 Å². The zero-order valence-electron chi connectivity index (χ0n) is 16.6. The largest absolute Gasteiger partial charge is 0.349 e. The fourth-order valence-electron chi connectivity index (χ4n) is 3.98. The van der Waals surface area contributed by atoms with Gasteiger partial charge in [0.15, 0.2) is 0 Å². The van der Waals surface area contributed by atoms with Crippen molar-refractivity contribution in [3.05, 3.63) is 28.8 Å². The van der Waals surface area contributed by atoms with Crippen molar-refractivity contribution in [3.63, 3.8) is 0 Å². The van der Waals surface area contributed by atoms with Gasteiger partial charge in [0.25, 0.3) is 5.91 Å². The molecule has 0 unspecified atom stereocenters. The molecule has 1 saturated carbocycles. The molecule has 0 atom stereocenters. The molecule has 1 aliphatic carbocycles. The van der Waals surface area contributed by atoms with Crippen LogP contribution in [0.4, 0.5) is 5.69 Å². The zero-order chi connectivity index (χ0) is 21.0. The van der Waals surface area contributed by atoms with Crippen LogP contribution in [0.2, 0.25) is 5.02 Å². The van der Waals surface area contributed by atoms with E-state index in [4.69, 9.17) is 11.6 Å². The van der Waals surface area contributed by atoms with Gasteiger partial charge in [0.2, 0.25) is 15.9 Å². The molecule has 2 N–H and O–H groups in total. The highest BCUT2D eigenvalue weighted by molar-refractivity contribution is 7.88. The fraction of sp³-hybridized carbons (Fsp3) is 0.600. The standard InChI is InChI=1S/C20H28ClN3O4S/c1-29(27,28)24-11-9-14(10-12-24)19(25)23-16-7-8-18(21)17(13-16)20(26)22-15-5-3-2-4-6-15/h7-8,13-15H,2-6,9-12H2,1H3,(H,22,26)(H,23,25). The fourth-order valence-corrected chi connectivity index (χ4v) is 5.06. The quantitative estimate of drug-likeness (QED) is 0.734. The van der Waals surface area contributed by atoms with Crippen LogP contribution in [0.25, 0.3) is 0 Å². The number of nitrogens with zero attached hydrogens (tertiary/aromatic N) is 1. The van der Waals surface area contributed by atoms with Crippen molar-refractivity contribution in [1.82, 2.24) is 9.62 Å². The molecule has 7 nitrogen and oxygen atoms in total. The Hall–Kier alpha value is -1.64. The Bertz CT molecular complexity index is 860. The van der Waals surface area contributed by atoms with Crippen molar-refractivity contribution >= 4 is 39.1 Å². The molecule has 9 heteroatoms. The number of nitrogens with one attached hydrogen (secondary N) is 2. The molecule has 1 aliphatic heterocycles. The molecule has 1 aromatic carbocycles. The van der Waals surface area contributed by atoms with Gasteiger partial charge in [-0.25, -0.2) is 12.7 Å². The number of hydrogen-bond acceptors (Lipinski definition) is 4. The molecule has 29 heavy (non-hydrogen) atoms. The van der Waals surface area contributed by atoms with Crippen LogP contribution in [0.3, 0.4) is 0 Å². The molecule has 160 valence electrons. The second-order valence-electron chi connectivity index (χ2n) is 7.93. The van der Waals surface area contributed by atoms with Gasteiger partial charge in [-0.2, -0.15) is 0 Å². The smallest absolute Gasteiger partial charge is 0.253 e. The lowest BCUT2D eigenvalue weighted by Gasteiger charge is -2.29. The van der Waals surface area contributed by atoms with Crippen LogP contribution in [0.15, 0.2) is 18.2 Å². The van der Waals surface area contributed by atoms with Crippen LogP contribution < -0.4 is 10.6 Å². The molecule has 2 fully saturated rings. The van der Waals surface area contributed by atoms with Crippen LogP contribution in [-0.2, 0) is 14.8 Å². The SMILES string of the molecule is CS(=O)(=O)N1CCC(C(=O)Nc2ccc(Cl)c(C(=O)NC3CCCCC3)c2)CC1. The Morgan fingerprint density at radius 2 is 1.72 bits per heavy atom. The number of sulfonamides is 1. The number of carbonyl (C=O) groups excluding carboxylic acids is 2. The predicted octanol–water partition coefficient (Wildman–Crippen LogP) is 3.01. The average Bonchev–Trinajstić information content (AvgIpc) is 2.69. The summed E-state index contributed by atoms with van der Waals surface area (Å²) >= 11 is 6.22. The van der Waals surface area contributed by atoms with Crippen LogP contribution >= 0.6 is 11.6 Å². The summed E-state index contributed by atoms with van der Waals surface area (Å²) in [4.78, 5) is 25.2. The van der Waals surface area contributed by atoms with Gasteiger partial charge in [-0.1, -0.05) is 30.9 Å². The van der Waals surface area contributed by atoms with Gasteiger partial charge >= 0.3 is 0 Å². The number of carbonyl (C=O) groups is 2. The number of anilines is 1. The first-order valence-corrected chi connectivity index (χ1v) is 12.3. The third kappa shape index (κ3) is 5.93. The van der Waals surface area contributed by atoms with Crippen molar-refractivity contribution in [1.29, 1.82) is 0 Å². The minimum absolute atomic E-state index is 0.167. The summed E-state index contributed by atoms with van der Waals surface area (Å²) in [6.45, 7) is 0.680. The molecular weight excluding hydrogens is 414 g/mol. The zero-order valence-corrected chi connectivity index (χ0v) is 18.2. The van der Waals surface area contributed by atoms with E-state index in [1.54, 1.807) is 18.2 Å². The Morgan fingerprint density at radius 3 is 2.34 bits per heavy atom. The molecule has 3 rings (SSSR count). The Labute approximate surface area is 177 Å². The molecule has 2 aliphatic rings. The number of rotatable bonds is 5. The summed E-state index contributed by atoms with van der Waals surface area (Å²) in [6.07, 6.45) is 7.53. The summed E-state index contributed by atoms with van der Waals surface area (Å²) in [7, 11) is -3.22. The van der Waals surface area contributed by atoms with Gasteiger partial charge in [0.05, 0.1) is 16.8 Å². The Balaban J connectivity index is 1.60. The lowest BCUT2D eigenvalue weighted by molar-refractivity contribution is -0.120. The first-order chi connectivity index (χ1) is 13.7. The van der Waals surface area contributed by atoms with Gasteiger partial charge in [-0.05, 0) is 43.9 Å². The monoisotopic (exact) mass is 441 g/mol. The van der Waals surface area contributed by atoms with Crippen LogP contribution in [-0.4, -0.2) is 49.9 Å². The van der Waals surface area contributed by atoms with E-state index in [1.807, 2.05) is 0 Å². The minimum atomic E-state index is -3.22. The summed E-state index contributed by atoms with van der Waals surface area (Å²) in [5, 5.41) is 6.23. The van der Waals surface area contributed by atoms with Crippen molar-refractivity contribution in [2.75, 3.05) is 24.7 Å². The number of benzene rings is 1. The maximum absolute atomic E-state index is 12.6. The number of amides is 2. The van der Waals surface area contributed by atoms with E-state index in [1.165, 1.54) is 17.0 Å². The van der Waals surface area contributed by atoms with Gasteiger partial charge in [-0.3, -0.25) is 9.59 Å². The van der Waals surface area contributed by atoms with Crippen molar-refractivity contribution in [3.8, 4) is 0 Å². The maximum atomic E-state index is 12.6. The maximum Gasteiger partial charge on any atom is 0.253 e. The molecule has 2 amide bonds. The summed E-state index contributed by atoms with van der Waals surface area (Å²) < 4.78 is 24.6. The van der Waals surface area contributed by atoms with Crippen molar-refractivity contribution in [2.24, 2.45) is 5.92 Å². The van der Waals surface area contributed by atoms with Gasteiger partial charge in [-0.15, -0.1) is 0 Å². The summed E-state index contributed by atoms with van der Waals surface area (Å²) in [5.41, 5.74) is 0.862. The second kappa shape index (κ2) is 9.45. The lowest BCUT2D eigenvalue weighted by Crippen LogP contribution is -2.40. The molecule has 1 aromatic rings. The molecule has 1 heterocycles. The highest BCUT2D eigenvalue weighted by atomic mass is 35.5. The van der Waals surface area contributed by atoms with Crippen LogP contribution in [0.5, 0.6) is 0 Å². The third-order valence-electron chi connectivity index (χ3n) is 5.71. The minimum Gasteiger partial charge on any atom is -0.349 e. The van der Waals surface area contributed by atoms with E-state index in [-0.39, 0.29) is 23.8 Å². The highest BCUT2D eigenvalue weighted by Gasteiger charge is 2.29. The van der Waals surface area contributed by atoms with Gasteiger partial charge in [0, 0.05) is 30.7 Å². The second-order valence-corrected chi connectivity index (χ2v) is 10.3. The van der Waals surface area contributed by atoms with Crippen LogP contribution in [0.1, 0.15) is 55.3 Å². The number of piperidine rings is 1. The van der Waals surface area contributed by atoms with E-state index >= 15 is 0 Å². The number of hydrogen-bond donors (Lipinski definition) is 2. The van der Waals surface area contributed by atoms with Gasteiger partial charge in [0.1, 0.15) is 0 Å². The van der Waals surface area contributed by atoms with Gasteiger partial charge < -0.3 is 10.6 Å². The topological polar surface area (TPSA) is 95.6 Å². The average molecular weight is 442 g/mol. The Morgan fingerprint density at radius 1 is 1.07 bits per heavy atom. The summed E-state index contributed by atoms with van der Waals surface area (Å²) in [5.74, 6) is -0.651. The van der Waals surface area contributed by atoms with Crippen molar-refractivity contribution < 1.29 is 18.0 Å². The molecular formula is C20H28ClN3O4S. The van der Waals surface area contributed by atoms with E-state index < -0.39 is 10.0 Å². The number of halogens is 1. The van der Waals surface area contributed by atoms with E-state index in [9.17, 15) is 18.0 Å². The first-order valence-electron chi connectivity index (χ1n) is 10.1. The third-order valence-corrected chi connectivity index (χ3v) is 7.35.